The minimum Gasteiger partial charge on any atom is -0.497 e. The highest BCUT2D eigenvalue weighted by molar-refractivity contribution is 5.96. The molecule has 1 heterocycles. The number of esters is 1. The fourth-order valence-corrected chi connectivity index (χ4v) is 4.14. The first kappa shape index (κ1) is 19.2. The number of carbonyl (C=O) groups excluding carboxylic acids is 2. The highest BCUT2D eigenvalue weighted by Crippen LogP contribution is 2.47. The first-order chi connectivity index (χ1) is 12.8. The zero-order valence-electron chi connectivity index (χ0n) is 16.6. The number of rotatable bonds is 4. The number of Topliss-reactive ketones (excluding diaryl/α,β-unsaturated/α-hetero) is 1. The topological polar surface area (TPSA) is 64.6 Å². The monoisotopic (exact) mass is 369 g/mol. The van der Waals surface area contributed by atoms with Crippen LogP contribution in [-0.2, 0) is 14.3 Å². The van der Waals surface area contributed by atoms with Crippen LogP contribution in [-0.4, -0.2) is 25.5 Å². The Labute approximate surface area is 160 Å². The molecular formula is C22H27NO4. The molecule has 0 spiro atoms. The van der Waals surface area contributed by atoms with Crippen LogP contribution in [0.15, 0.2) is 47.3 Å². The number of carbonyl (C=O) groups is 2. The molecule has 5 heteroatoms. The van der Waals surface area contributed by atoms with E-state index in [1.807, 2.05) is 31.2 Å². The van der Waals surface area contributed by atoms with Gasteiger partial charge < -0.3 is 14.8 Å². The summed E-state index contributed by atoms with van der Waals surface area (Å²) in [6.07, 6.45) is 2.57. The van der Waals surface area contributed by atoms with E-state index in [-0.39, 0.29) is 23.8 Å². The lowest BCUT2D eigenvalue weighted by Crippen LogP contribution is -2.43. The number of nitrogens with one attached hydrogen (secondary N) is 1. The van der Waals surface area contributed by atoms with Gasteiger partial charge in [0.15, 0.2) is 0 Å². The van der Waals surface area contributed by atoms with Gasteiger partial charge in [0.1, 0.15) is 11.5 Å². The quantitative estimate of drug-likeness (QED) is 0.820. The van der Waals surface area contributed by atoms with Crippen LogP contribution in [0.2, 0.25) is 0 Å². The SMILES string of the molecule is CCOC(=O)C1=C(C)NC2=CC(C)(C)CC(=O)C2C1c1cccc(OC)c1. The van der Waals surface area contributed by atoms with Crippen LogP contribution < -0.4 is 10.1 Å². The molecule has 0 amide bonds. The molecule has 144 valence electrons. The number of allylic oxidation sites excluding steroid dienone is 3. The summed E-state index contributed by atoms with van der Waals surface area (Å²) < 4.78 is 10.7. The summed E-state index contributed by atoms with van der Waals surface area (Å²) in [5.41, 5.74) is 2.78. The van der Waals surface area contributed by atoms with Crippen molar-refractivity contribution in [2.45, 2.75) is 40.0 Å². The van der Waals surface area contributed by atoms with E-state index in [1.165, 1.54) is 0 Å². The van der Waals surface area contributed by atoms with E-state index >= 15 is 0 Å². The summed E-state index contributed by atoms with van der Waals surface area (Å²) in [6.45, 7) is 8.04. The van der Waals surface area contributed by atoms with E-state index in [0.717, 1.165) is 17.0 Å². The average molecular weight is 369 g/mol. The molecule has 0 aromatic heterocycles. The number of hydrogen-bond donors (Lipinski definition) is 1. The number of benzene rings is 1. The predicted octanol–water partition coefficient (Wildman–Crippen LogP) is 3.72. The minimum absolute atomic E-state index is 0.132. The maximum atomic E-state index is 13.1. The van der Waals surface area contributed by atoms with Crippen molar-refractivity contribution < 1.29 is 19.1 Å². The van der Waals surface area contributed by atoms with Gasteiger partial charge in [-0.15, -0.1) is 0 Å². The van der Waals surface area contributed by atoms with Crippen LogP contribution in [0.1, 0.15) is 45.6 Å². The van der Waals surface area contributed by atoms with Crippen molar-refractivity contribution >= 4 is 11.8 Å². The molecule has 1 aliphatic carbocycles. The lowest BCUT2D eigenvalue weighted by Gasteiger charge is -2.41. The molecule has 0 bridgehead atoms. The number of ether oxygens (including phenoxy) is 2. The maximum Gasteiger partial charge on any atom is 0.336 e. The van der Waals surface area contributed by atoms with Crippen LogP contribution in [0.25, 0.3) is 0 Å². The third-order valence-electron chi connectivity index (χ3n) is 5.19. The van der Waals surface area contributed by atoms with E-state index in [4.69, 9.17) is 9.47 Å². The highest BCUT2D eigenvalue weighted by Gasteiger charge is 2.46. The third-order valence-corrected chi connectivity index (χ3v) is 5.19. The molecule has 27 heavy (non-hydrogen) atoms. The zero-order chi connectivity index (χ0) is 19.8. The Balaban J connectivity index is 2.20. The van der Waals surface area contributed by atoms with Gasteiger partial charge in [-0.25, -0.2) is 4.79 Å². The van der Waals surface area contributed by atoms with Crippen molar-refractivity contribution in [3.8, 4) is 5.75 Å². The van der Waals surface area contributed by atoms with Crippen LogP contribution in [0.5, 0.6) is 5.75 Å². The van der Waals surface area contributed by atoms with Crippen LogP contribution >= 0.6 is 0 Å². The van der Waals surface area contributed by atoms with Crippen LogP contribution in [0.3, 0.4) is 0 Å². The molecule has 1 aliphatic heterocycles. The van der Waals surface area contributed by atoms with Crippen molar-refractivity contribution in [3.05, 3.63) is 52.9 Å². The lowest BCUT2D eigenvalue weighted by molar-refractivity contribution is -0.139. The molecule has 0 fully saturated rings. The summed E-state index contributed by atoms with van der Waals surface area (Å²) in [5, 5.41) is 3.31. The number of hydrogen-bond acceptors (Lipinski definition) is 5. The van der Waals surface area contributed by atoms with Crippen molar-refractivity contribution in [2.24, 2.45) is 11.3 Å². The molecule has 0 saturated carbocycles. The largest absolute Gasteiger partial charge is 0.497 e. The molecule has 0 saturated heterocycles. The number of fused-ring (bicyclic) bond motifs is 1. The Morgan fingerprint density at radius 2 is 2.04 bits per heavy atom. The Morgan fingerprint density at radius 3 is 2.70 bits per heavy atom. The van der Waals surface area contributed by atoms with Gasteiger partial charge in [-0.1, -0.05) is 32.1 Å². The van der Waals surface area contributed by atoms with Crippen molar-refractivity contribution in [1.82, 2.24) is 5.32 Å². The Hall–Kier alpha value is -2.56. The lowest BCUT2D eigenvalue weighted by atomic mass is 9.66. The second kappa shape index (κ2) is 7.22. The second-order valence-electron chi connectivity index (χ2n) is 7.85. The van der Waals surface area contributed by atoms with Crippen LogP contribution in [0.4, 0.5) is 0 Å². The van der Waals surface area contributed by atoms with Crippen LogP contribution in [0, 0.1) is 11.3 Å². The fraction of sp³-hybridized carbons (Fsp3) is 0.455. The molecule has 2 atom stereocenters. The smallest absolute Gasteiger partial charge is 0.336 e. The highest BCUT2D eigenvalue weighted by atomic mass is 16.5. The maximum absolute atomic E-state index is 13.1. The van der Waals surface area contributed by atoms with Gasteiger partial charge in [0.05, 0.1) is 25.2 Å². The number of ketones is 1. The van der Waals surface area contributed by atoms with E-state index in [2.05, 4.69) is 25.2 Å². The Morgan fingerprint density at radius 1 is 1.30 bits per heavy atom. The molecule has 0 radical (unpaired) electrons. The summed E-state index contributed by atoms with van der Waals surface area (Å²) in [5.74, 6) is -0.372. The first-order valence-corrected chi connectivity index (χ1v) is 9.31. The standard InChI is InChI=1S/C22H27NO4/c1-6-27-21(25)18-13(2)23-16-11-22(3,4)12-17(24)20(16)19(18)14-8-7-9-15(10-14)26-5/h7-11,19-20,23H,6,12H2,1-5H3. The zero-order valence-corrected chi connectivity index (χ0v) is 16.6. The predicted molar refractivity (Wildman–Crippen MR) is 103 cm³/mol. The van der Waals surface area contributed by atoms with Gasteiger partial charge in [0, 0.05) is 23.7 Å². The third kappa shape index (κ3) is 3.64. The van der Waals surface area contributed by atoms with Crippen molar-refractivity contribution in [3.63, 3.8) is 0 Å². The average Bonchev–Trinajstić information content (AvgIpc) is 2.59. The van der Waals surface area contributed by atoms with E-state index < -0.39 is 11.8 Å². The number of methoxy groups -OCH3 is 1. The first-order valence-electron chi connectivity index (χ1n) is 9.31. The normalized spacial score (nSPS) is 23.9. The minimum atomic E-state index is -0.423. The molecule has 1 aromatic rings. The van der Waals surface area contributed by atoms with Gasteiger partial charge >= 0.3 is 5.97 Å². The van der Waals surface area contributed by atoms with Crippen molar-refractivity contribution in [2.75, 3.05) is 13.7 Å². The van der Waals surface area contributed by atoms with Gasteiger partial charge in [-0.3, -0.25) is 4.79 Å². The molecule has 5 nitrogen and oxygen atoms in total. The second-order valence-corrected chi connectivity index (χ2v) is 7.85. The van der Waals surface area contributed by atoms with Gasteiger partial charge in [0.2, 0.25) is 0 Å². The van der Waals surface area contributed by atoms with Gasteiger partial charge in [0.25, 0.3) is 0 Å². The van der Waals surface area contributed by atoms with E-state index in [0.29, 0.717) is 17.7 Å². The van der Waals surface area contributed by atoms with E-state index in [1.54, 1.807) is 14.0 Å². The molecule has 1 N–H and O–H groups in total. The van der Waals surface area contributed by atoms with Crippen molar-refractivity contribution in [1.29, 1.82) is 0 Å². The Bertz CT molecular complexity index is 834. The molecule has 2 aliphatic rings. The summed E-state index contributed by atoms with van der Waals surface area (Å²) in [7, 11) is 1.61. The molecule has 3 rings (SSSR count). The summed E-state index contributed by atoms with van der Waals surface area (Å²) in [6, 6.07) is 7.57. The molecular weight excluding hydrogens is 342 g/mol. The van der Waals surface area contributed by atoms with Gasteiger partial charge in [-0.2, -0.15) is 0 Å². The summed E-state index contributed by atoms with van der Waals surface area (Å²) in [4.78, 5) is 25.9. The molecule has 2 unspecified atom stereocenters. The summed E-state index contributed by atoms with van der Waals surface area (Å²) >= 11 is 0. The Kier molecular flexibility index (Phi) is 5.13. The fourth-order valence-electron chi connectivity index (χ4n) is 4.14. The van der Waals surface area contributed by atoms with Gasteiger partial charge in [-0.05, 0) is 37.0 Å². The van der Waals surface area contributed by atoms with E-state index in [9.17, 15) is 9.59 Å². The molecule has 1 aromatic carbocycles.